The van der Waals surface area contributed by atoms with Gasteiger partial charge in [0, 0.05) is 83.4 Å². The maximum absolute atomic E-state index is 14.6. The fourth-order valence-electron chi connectivity index (χ4n) is 8.96. The first-order valence-electron chi connectivity index (χ1n) is 24.0. The summed E-state index contributed by atoms with van der Waals surface area (Å²) in [6, 6.07) is 22.7. The largest absolute Gasteiger partial charge is 0.497 e. The van der Waals surface area contributed by atoms with Crippen molar-refractivity contribution in [3.8, 4) is 22.6 Å². The molecule has 17 heteroatoms. The molecule has 378 valence electrons. The van der Waals surface area contributed by atoms with Crippen LogP contribution in [-0.2, 0) is 70.8 Å². The van der Waals surface area contributed by atoms with Crippen molar-refractivity contribution >= 4 is 59.3 Å². The Labute approximate surface area is 426 Å². The molecule has 7 aromatic rings. The molecule has 0 amide bonds. The summed E-state index contributed by atoms with van der Waals surface area (Å²) in [4.78, 5) is 17.1. The van der Waals surface area contributed by atoms with Crippen LogP contribution in [0.1, 0.15) is 71.6 Å². The lowest BCUT2D eigenvalue weighted by Gasteiger charge is -2.36. The first kappa shape index (κ1) is 52.1. The molecule has 0 saturated carbocycles. The van der Waals surface area contributed by atoms with Gasteiger partial charge in [-0.15, -0.1) is 11.8 Å². The Morgan fingerprint density at radius 3 is 2.49 bits per heavy atom. The molecular formula is C54H66ClFN6O7SSi. The Kier molecular flexibility index (Phi) is 16.4. The van der Waals surface area contributed by atoms with E-state index in [2.05, 4.69) is 44.8 Å². The van der Waals surface area contributed by atoms with Gasteiger partial charge in [0.05, 0.1) is 76.6 Å². The van der Waals surface area contributed by atoms with Crippen molar-refractivity contribution in [2.75, 3.05) is 47.7 Å². The molecule has 0 unspecified atom stereocenters. The predicted molar refractivity (Wildman–Crippen MR) is 282 cm³/mol. The van der Waals surface area contributed by atoms with Gasteiger partial charge in [-0.2, -0.15) is 10.2 Å². The summed E-state index contributed by atoms with van der Waals surface area (Å²) in [6.07, 6.45) is 0.547. The van der Waals surface area contributed by atoms with Crippen LogP contribution in [0.4, 0.5) is 4.39 Å². The smallest absolute Gasteiger partial charge is 0.354 e. The number of aromatic nitrogens is 5. The number of rotatable bonds is 21. The first-order valence-corrected chi connectivity index (χ1v) is 28.3. The van der Waals surface area contributed by atoms with E-state index in [0.717, 1.165) is 83.1 Å². The van der Waals surface area contributed by atoms with Gasteiger partial charge in [0.15, 0.2) is 8.32 Å². The number of thioether (sulfide) groups is 1. The number of ether oxygens (including phenoxy) is 5. The lowest BCUT2D eigenvalue weighted by molar-refractivity contribution is 0.0587. The summed E-state index contributed by atoms with van der Waals surface area (Å²) in [7, 11) is 4.75. The van der Waals surface area contributed by atoms with Crippen LogP contribution in [0.15, 0.2) is 77.7 Å². The van der Waals surface area contributed by atoms with Crippen molar-refractivity contribution in [1.29, 1.82) is 0 Å². The number of aryl methyl sites for hydroxylation is 3. The van der Waals surface area contributed by atoms with Crippen LogP contribution in [0.3, 0.4) is 0 Å². The van der Waals surface area contributed by atoms with Gasteiger partial charge in [-0.3, -0.25) is 14.3 Å². The second-order valence-corrected chi connectivity index (χ2v) is 25.9. The van der Waals surface area contributed by atoms with Crippen molar-refractivity contribution in [3.63, 3.8) is 0 Å². The molecule has 0 atom stereocenters. The monoisotopic (exact) mass is 1020 g/mol. The Bertz CT molecular complexity index is 3020. The van der Waals surface area contributed by atoms with Gasteiger partial charge in [0.2, 0.25) is 0 Å². The molecule has 3 aromatic heterocycles. The third-order valence-electron chi connectivity index (χ3n) is 13.9. The summed E-state index contributed by atoms with van der Waals surface area (Å²) in [5, 5.41) is 13.2. The minimum Gasteiger partial charge on any atom is -0.497 e. The zero-order chi connectivity index (χ0) is 50.6. The van der Waals surface area contributed by atoms with Crippen LogP contribution < -0.4 is 9.47 Å². The highest BCUT2D eigenvalue weighted by molar-refractivity contribution is 7.98. The zero-order valence-electron chi connectivity index (χ0n) is 42.6. The van der Waals surface area contributed by atoms with Crippen LogP contribution in [-0.4, -0.2) is 91.0 Å². The average molecular weight is 1030 g/mol. The van der Waals surface area contributed by atoms with Crippen molar-refractivity contribution in [1.82, 2.24) is 29.0 Å². The van der Waals surface area contributed by atoms with Crippen LogP contribution >= 0.6 is 23.4 Å². The van der Waals surface area contributed by atoms with Crippen LogP contribution in [0, 0.1) is 12.7 Å². The number of fused-ring (bicyclic) bond motifs is 3. The lowest BCUT2D eigenvalue weighted by atomic mass is 9.96. The molecule has 1 aliphatic heterocycles. The number of nitrogens with zero attached hydrogens (tertiary/aromatic N) is 6. The van der Waals surface area contributed by atoms with Crippen molar-refractivity contribution in [3.05, 3.63) is 123 Å². The number of hydrogen-bond donors (Lipinski definition) is 0. The van der Waals surface area contributed by atoms with Gasteiger partial charge in [-0.25, -0.2) is 9.18 Å². The number of methoxy groups -OCH3 is 3. The molecule has 0 aliphatic carbocycles. The summed E-state index contributed by atoms with van der Waals surface area (Å²) in [5.41, 5.74) is 8.54. The lowest BCUT2D eigenvalue weighted by Crippen LogP contribution is -2.40. The number of halogens is 2. The Hall–Kier alpha value is -5.20. The Balaban J connectivity index is 1.09. The molecule has 4 heterocycles. The molecular weight excluding hydrogens is 959 g/mol. The molecule has 71 heavy (non-hydrogen) atoms. The van der Waals surface area contributed by atoms with E-state index in [1.165, 1.54) is 19.2 Å². The molecule has 0 spiro atoms. The van der Waals surface area contributed by atoms with Gasteiger partial charge >= 0.3 is 5.97 Å². The molecule has 0 N–H and O–H groups in total. The quantitative estimate of drug-likeness (QED) is 0.0296. The van der Waals surface area contributed by atoms with E-state index in [0.29, 0.717) is 88.6 Å². The Morgan fingerprint density at radius 1 is 0.972 bits per heavy atom. The molecule has 13 nitrogen and oxygen atoms in total. The topological polar surface area (TPSA) is 116 Å². The number of carbonyl (C=O) groups is 1. The number of hydrogen-bond acceptors (Lipinski definition) is 11. The fraction of sp³-hybridized carbons (Fsp3) is 0.426. The van der Waals surface area contributed by atoms with E-state index in [1.807, 2.05) is 76.4 Å². The molecule has 0 saturated heterocycles. The van der Waals surface area contributed by atoms with E-state index >= 15 is 0 Å². The van der Waals surface area contributed by atoms with Crippen molar-refractivity contribution < 1.29 is 37.3 Å². The van der Waals surface area contributed by atoms with Gasteiger partial charge < -0.3 is 32.7 Å². The standard InChI is InChI=1S/C54H66ClFN6O7SSi/c1-35-49-46(61(52(35)53(63)66-8)20-11-23-68-48-29-42(27-37-26-38(56)14-17-43(37)48)70-34-36-12-15-41(65-7)16-13-36)19-18-44(55)50(49)51-45(58-62-22-25-67-33-47(51)62)31-60(21-24-64-6)30-39-28-40(59(5)57-39)32-69-71(9,10)54(2,3)4/h12-19,26-29H,11,20-25,30-34H2,1-10H3. The minimum absolute atomic E-state index is 0.0932. The van der Waals surface area contributed by atoms with E-state index in [1.54, 1.807) is 32.0 Å². The van der Waals surface area contributed by atoms with Gasteiger partial charge in [-0.05, 0) is 109 Å². The predicted octanol–water partition coefficient (Wildman–Crippen LogP) is 11.7. The maximum Gasteiger partial charge on any atom is 0.354 e. The second-order valence-electron chi connectivity index (χ2n) is 19.6. The molecule has 0 fully saturated rings. The highest BCUT2D eigenvalue weighted by Crippen LogP contribution is 2.44. The molecule has 1 aliphatic rings. The third kappa shape index (κ3) is 11.5. The summed E-state index contributed by atoms with van der Waals surface area (Å²) in [6.45, 7) is 18.1. The molecule has 0 radical (unpaired) electrons. The SMILES string of the molecule is COCCN(Cc1cc(CO[Si](C)(C)C(C)(C)C)n(C)n1)Cc1nn2c(c1-c1c(Cl)ccc3c1c(C)c(C(=O)OC)n3CCCOc1cc(SCc3ccc(OC)cc3)cc3cc(F)ccc13)COCC2. The van der Waals surface area contributed by atoms with E-state index < -0.39 is 14.3 Å². The second kappa shape index (κ2) is 22.3. The highest BCUT2D eigenvalue weighted by atomic mass is 35.5. The summed E-state index contributed by atoms with van der Waals surface area (Å²) >= 11 is 8.99. The third-order valence-corrected chi connectivity index (χ3v) is 19.7. The molecule has 4 aromatic carbocycles. The van der Waals surface area contributed by atoms with Crippen LogP contribution in [0.2, 0.25) is 23.2 Å². The maximum atomic E-state index is 14.6. The van der Waals surface area contributed by atoms with E-state index in [4.69, 9.17) is 49.9 Å². The minimum atomic E-state index is -1.98. The van der Waals surface area contributed by atoms with E-state index in [-0.39, 0.29) is 10.9 Å². The highest BCUT2D eigenvalue weighted by Gasteiger charge is 2.37. The fourth-order valence-corrected chi connectivity index (χ4v) is 11.1. The normalized spacial score (nSPS) is 13.1. The molecule has 8 rings (SSSR count). The summed E-state index contributed by atoms with van der Waals surface area (Å²) < 4.78 is 56.1. The first-order chi connectivity index (χ1) is 34.0. The number of carbonyl (C=O) groups excluding carboxylic acids is 1. The van der Waals surface area contributed by atoms with Gasteiger partial charge in [0.1, 0.15) is 23.0 Å². The number of benzene rings is 4. The van der Waals surface area contributed by atoms with E-state index in [9.17, 15) is 9.18 Å². The van der Waals surface area contributed by atoms with Crippen molar-refractivity contribution in [2.45, 2.75) is 102 Å². The molecule has 0 bridgehead atoms. The zero-order valence-corrected chi connectivity index (χ0v) is 45.2. The number of esters is 1. The Morgan fingerprint density at radius 2 is 1.76 bits per heavy atom. The summed E-state index contributed by atoms with van der Waals surface area (Å²) in [5.74, 6) is 1.42. The van der Waals surface area contributed by atoms with Crippen LogP contribution in [0.5, 0.6) is 11.5 Å². The average Bonchev–Trinajstić information content (AvgIpc) is 3.98. The van der Waals surface area contributed by atoms with Crippen molar-refractivity contribution in [2.24, 2.45) is 7.05 Å². The van der Waals surface area contributed by atoms with Gasteiger partial charge in [0.25, 0.3) is 0 Å². The van der Waals surface area contributed by atoms with Crippen LogP contribution in [0.25, 0.3) is 32.8 Å². The van der Waals surface area contributed by atoms with Gasteiger partial charge in [-0.1, -0.05) is 44.5 Å².